The molecule has 0 bridgehead atoms. The van der Waals surface area contributed by atoms with Gasteiger partial charge in [-0.3, -0.25) is 19.6 Å². The summed E-state index contributed by atoms with van der Waals surface area (Å²) in [7, 11) is 3.24. The van der Waals surface area contributed by atoms with Gasteiger partial charge in [-0.2, -0.15) is 0 Å². The predicted molar refractivity (Wildman–Crippen MR) is 183 cm³/mol. The quantitative estimate of drug-likeness (QED) is 0.254. The van der Waals surface area contributed by atoms with E-state index in [4.69, 9.17) is 47.6 Å². The van der Waals surface area contributed by atoms with Crippen LogP contribution in [0.5, 0.6) is 11.8 Å². The lowest BCUT2D eigenvalue weighted by atomic mass is 9.88. The number of benzene rings is 2. The average Bonchev–Trinajstić information content (AvgIpc) is 3.67. The third-order valence-corrected chi connectivity index (χ3v) is 11.0. The third kappa shape index (κ3) is 5.40. The molecule has 10 nitrogen and oxygen atoms in total. The maximum absolute atomic E-state index is 11.7. The first-order valence-electron chi connectivity index (χ1n) is 16.3. The van der Waals surface area contributed by atoms with Crippen LogP contribution < -0.4 is 14.8 Å². The van der Waals surface area contributed by atoms with Gasteiger partial charge in [0, 0.05) is 73.0 Å². The molecule has 3 saturated heterocycles. The van der Waals surface area contributed by atoms with Crippen LogP contribution in [-0.2, 0) is 17.8 Å². The number of aliphatic hydroxyl groups is 1. The van der Waals surface area contributed by atoms with Gasteiger partial charge >= 0.3 is 0 Å². The van der Waals surface area contributed by atoms with E-state index in [1.54, 1.807) is 20.4 Å². The number of β-amino-alcohol motifs (C(OH)–C–C–N with tert-alkyl or cyclic N) is 1. The number of ether oxygens (including phenoxy) is 2. The van der Waals surface area contributed by atoms with Crippen molar-refractivity contribution in [3.8, 4) is 45.4 Å². The number of aliphatic hydroxyl groups excluding tert-OH is 1. The first kappa shape index (κ1) is 31.5. The number of methoxy groups -OCH3 is 2. The van der Waals surface area contributed by atoms with Crippen molar-refractivity contribution in [3.05, 3.63) is 75.5 Å². The van der Waals surface area contributed by atoms with Crippen molar-refractivity contribution in [2.45, 2.75) is 49.9 Å². The zero-order chi connectivity index (χ0) is 33.2. The number of halogens is 2. The summed E-state index contributed by atoms with van der Waals surface area (Å²) in [6.45, 7) is 3.50. The van der Waals surface area contributed by atoms with E-state index in [1.807, 2.05) is 36.4 Å². The molecule has 1 aliphatic carbocycles. The van der Waals surface area contributed by atoms with Crippen molar-refractivity contribution in [3.63, 3.8) is 0 Å². The lowest BCUT2D eigenvalue weighted by Gasteiger charge is -2.47. The van der Waals surface area contributed by atoms with Gasteiger partial charge in [-0.15, -0.1) is 0 Å². The number of amides is 1. The molecule has 4 aromatic rings. The Hall–Kier alpha value is -3.80. The smallest absolute Gasteiger partial charge is 0.237 e. The molecule has 1 amide bonds. The normalized spacial score (nSPS) is 20.4. The van der Waals surface area contributed by atoms with Gasteiger partial charge in [0.05, 0.1) is 53.5 Å². The second-order valence-corrected chi connectivity index (χ2v) is 14.0. The minimum Gasteiger partial charge on any atom is -0.481 e. The number of fused-ring (bicyclic) bond motifs is 1. The largest absolute Gasteiger partial charge is 0.481 e. The highest BCUT2D eigenvalue weighted by Crippen LogP contribution is 2.46. The summed E-state index contributed by atoms with van der Waals surface area (Å²) >= 11 is 14.3. The molecule has 5 heterocycles. The molecular weight excluding hydrogens is 651 g/mol. The fourth-order valence-electron chi connectivity index (χ4n) is 7.80. The SMILES string of the molecule is COc1nc(-c2cccc(-c3cccc(-c4cc5c(c(OC)n4)[C@@H](N4CC(O)C4)CC5)c3Cl)c2Cl)cnc1CN1CC2(CCC(=O)N2)C1. The molecule has 248 valence electrons. The van der Waals surface area contributed by atoms with E-state index in [2.05, 4.69) is 21.2 Å². The van der Waals surface area contributed by atoms with Crippen molar-refractivity contribution in [2.75, 3.05) is 40.4 Å². The molecule has 48 heavy (non-hydrogen) atoms. The van der Waals surface area contributed by atoms with Crippen LogP contribution in [0.25, 0.3) is 33.6 Å². The Morgan fingerprint density at radius 2 is 1.58 bits per heavy atom. The Labute approximate surface area is 289 Å². The molecule has 0 saturated carbocycles. The monoisotopic (exact) mass is 686 g/mol. The molecule has 1 spiro atoms. The van der Waals surface area contributed by atoms with Crippen LogP contribution in [0.2, 0.25) is 10.0 Å². The number of pyridine rings is 1. The molecule has 2 aromatic heterocycles. The molecule has 0 radical (unpaired) electrons. The van der Waals surface area contributed by atoms with Crippen molar-refractivity contribution >= 4 is 29.1 Å². The number of carbonyl (C=O) groups excluding carboxylic acids is 1. The summed E-state index contributed by atoms with van der Waals surface area (Å²) in [5.41, 5.74) is 7.30. The van der Waals surface area contributed by atoms with Crippen LogP contribution in [0.4, 0.5) is 0 Å². The van der Waals surface area contributed by atoms with Crippen LogP contribution >= 0.6 is 23.2 Å². The predicted octanol–water partition coefficient (Wildman–Crippen LogP) is 5.32. The van der Waals surface area contributed by atoms with E-state index in [9.17, 15) is 9.90 Å². The van der Waals surface area contributed by atoms with Gasteiger partial charge in [0.2, 0.25) is 17.7 Å². The molecule has 3 aliphatic heterocycles. The third-order valence-electron chi connectivity index (χ3n) is 10.2. The van der Waals surface area contributed by atoms with Gasteiger partial charge in [-0.25, -0.2) is 9.97 Å². The number of hydrogen-bond donors (Lipinski definition) is 2. The highest BCUT2D eigenvalue weighted by Gasteiger charge is 2.47. The van der Waals surface area contributed by atoms with E-state index in [-0.39, 0.29) is 23.6 Å². The molecule has 3 fully saturated rings. The molecule has 2 N–H and O–H groups in total. The Morgan fingerprint density at radius 3 is 2.21 bits per heavy atom. The summed E-state index contributed by atoms with van der Waals surface area (Å²) in [6.07, 6.45) is 4.79. The maximum atomic E-state index is 11.7. The Kier molecular flexibility index (Phi) is 8.04. The van der Waals surface area contributed by atoms with Gasteiger partial charge in [0.25, 0.3) is 0 Å². The molecule has 2 aromatic carbocycles. The van der Waals surface area contributed by atoms with Gasteiger partial charge < -0.3 is 19.9 Å². The summed E-state index contributed by atoms with van der Waals surface area (Å²) in [5, 5.41) is 14.0. The summed E-state index contributed by atoms with van der Waals surface area (Å²) < 4.78 is 11.5. The molecular formula is C36H36Cl2N6O4. The van der Waals surface area contributed by atoms with E-state index in [0.717, 1.165) is 66.0 Å². The lowest BCUT2D eigenvalue weighted by molar-refractivity contribution is -0.120. The van der Waals surface area contributed by atoms with Crippen molar-refractivity contribution < 1.29 is 19.4 Å². The number of carbonyl (C=O) groups is 1. The highest BCUT2D eigenvalue weighted by atomic mass is 35.5. The molecule has 1 atom stereocenters. The van der Waals surface area contributed by atoms with E-state index in [1.165, 1.54) is 5.56 Å². The fourth-order valence-corrected chi connectivity index (χ4v) is 8.45. The average molecular weight is 688 g/mol. The molecule has 12 heteroatoms. The number of hydrogen-bond acceptors (Lipinski definition) is 9. The van der Waals surface area contributed by atoms with E-state index in [0.29, 0.717) is 59.1 Å². The standard InChI is InChI=1S/C36H36Cl2N6O4/c1-47-34-28(17-43-18-36(19-43)12-11-30(46)42-36)39-14-27(41-34)25-8-4-6-23(33(25)38)22-5-3-7-24(32(22)37)26-13-20-9-10-29(44-15-21(45)16-44)31(20)35(40-26)48-2/h3-8,13-14,21,29,45H,9-12,15-19H2,1-2H3,(H,42,46)/t29-/m0/s1. The maximum Gasteiger partial charge on any atom is 0.237 e. The van der Waals surface area contributed by atoms with E-state index >= 15 is 0 Å². The van der Waals surface area contributed by atoms with Gasteiger partial charge in [0.15, 0.2) is 0 Å². The first-order valence-corrected chi connectivity index (χ1v) is 17.0. The highest BCUT2D eigenvalue weighted by molar-refractivity contribution is 6.39. The zero-order valence-electron chi connectivity index (χ0n) is 26.8. The van der Waals surface area contributed by atoms with Crippen LogP contribution in [0.1, 0.15) is 42.1 Å². The zero-order valence-corrected chi connectivity index (χ0v) is 28.3. The first-order chi connectivity index (χ1) is 23.3. The minimum atomic E-state index is -0.264. The van der Waals surface area contributed by atoms with Crippen LogP contribution in [0.3, 0.4) is 0 Å². The molecule has 4 aliphatic rings. The lowest BCUT2D eigenvalue weighted by Crippen LogP contribution is -2.66. The topological polar surface area (TPSA) is 113 Å². The number of nitrogens with one attached hydrogen (secondary N) is 1. The van der Waals surface area contributed by atoms with Crippen molar-refractivity contribution in [1.82, 2.24) is 30.1 Å². The van der Waals surface area contributed by atoms with Gasteiger partial charge in [-0.1, -0.05) is 59.6 Å². The fraction of sp³-hybridized carbons (Fsp3) is 0.389. The summed E-state index contributed by atoms with van der Waals surface area (Å²) in [4.78, 5) is 30.7. The number of nitrogens with zero attached hydrogens (tertiary/aromatic N) is 5. The summed E-state index contributed by atoms with van der Waals surface area (Å²) in [5.74, 6) is 1.17. The Bertz CT molecular complexity index is 1930. The minimum absolute atomic E-state index is 0.102. The number of aromatic nitrogens is 3. The Morgan fingerprint density at radius 1 is 0.938 bits per heavy atom. The van der Waals surface area contributed by atoms with Gasteiger partial charge in [0.1, 0.15) is 5.69 Å². The summed E-state index contributed by atoms with van der Waals surface area (Å²) in [6, 6.07) is 14.0. The van der Waals surface area contributed by atoms with Crippen molar-refractivity contribution in [1.29, 1.82) is 0 Å². The van der Waals surface area contributed by atoms with Crippen LogP contribution in [0, 0.1) is 0 Å². The molecule has 8 rings (SSSR count). The van der Waals surface area contributed by atoms with Crippen LogP contribution in [-0.4, -0.2) is 87.8 Å². The van der Waals surface area contributed by atoms with E-state index < -0.39 is 0 Å². The number of likely N-dealkylation sites (tertiary alicyclic amines) is 2. The number of aryl methyl sites for hydroxylation is 1. The van der Waals surface area contributed by atoms with Crippen LogP contribution in [0.15, 0.2) is 48.7 Å². The number of rotatable bonds is 8. The Balaban J connectivity index is 1.07. The molecule has 0 unspecified atom stereocenters. The van der Waals surface area contributed by atoms with Gasteiger partial charge in [-0.05, 0) is 30.9 Å². The second kappa shape index (κ2) is 12.3. The van der Waals surface area contributed by atoms with Crippen molar-refractivity contribution in [2.24, 2.45) is 0 Å². The second-order valence-electron chi connectivity index (χ2n) is 13.3.